The molecule has 0 unspecified atom stereocenters. The Morgan fingerprint density at radius 2 is 2.00 bits per heavy atom. The Kier molecular flexibility index (Phi) is 3.61. The van der Waals surface area contributed by atoms with E-state index in [1.54, 1.807) is 6.20 Å². The number of carbonyl (C=O) groups excluding carboxylic acids is 1. The largest absolute Gasteiger partial charge is 0.416 e. The maximum Gasteiger partial charge on any atom is 0.416 e. The van der Waals surface area contributed by atoms with Crippen LogP contribution < -0.4 is 5.32 Å². The Bertz CT molecular complexity index is 776. The number of hydrogen-bond acceptors (Lipinski definition) is 3. The topological polar surface area (TPSA) is 46.4 Å². The SMILES string of the molecule is O=C(Cc1cn2ccsc2n1)Nc1ccc(C(F)(F)F)cc1. The van der Waals surface area contributed by atoms with Gasteiger partial charge in [-0.3, -0.25) is 9.20 Å². The molecule has 8 heteroatoms. The van der Waals surface area contributed by atoms with Crippen molar-refractivity contribution in [2.24, 2.45) is 0 Å². The number of nitrogens with zero attached hydrogens (tertiary/aromatic N) is 2. The highest BCUT2D eigenvalue weighted by atomic mass is 32.1. The second-order valence-corrected chi connectivity index (χ2v) is 5.50. The molecule has 0 atom stereocenters. The first-order chi connectivity index (χ1) is 10.4. The maximum atomic E-state index is 12.4. The zero-order valence-electron chi connectivity index (χ0n) is 11.1. The van der Waals surface area contributed by atoms with Crippen molar-refractivity contribution in [3.63, 3.8) is 0 Å². The number of nitrogens with one attached hydrogen (secondary N) is 1. The van der Waals surface area contributed by atoms with Crippen molar-refractivity contribution in [1.29, 1.82) is 0 Å². The quantitative estimate of drug-likeness (QED) is 0.800. The molecule has 1 N–H and O–H groups in total. The summed E-state index contributed by atoms with van der Waals surface area (Å²) in [6.07, 6.45) is -0.734. The van der Waals surface area contributed by atoms with Crippen LogP contribution in [0.2, 0.25) is 0 Å². The van der Waals surface area contributed by atoms with Gasteiger partial charge >= 0.3 is 6.18 Å². The van der Waals surface area contributed by atoms with Crippen molar-refractivity contribution in [3.8, 4) is 0 Å². The molecule has 2 heterocycles. The van der Waals surface area contributed by atoms with E-state index >= 15 is 0 Å². The number of hydrogen-bond donors (Lipinski definition) is 1. The zero-order chi connectivity index (χ0) is 15.7. The lowest BCUT2D eigenvalue weighted by Gasteiger charge is -2.08. The Balaban J connectivity index is 1.65. The molecule has 0 saturated heterocycles. The molecule has 1 amide bonds. The minimum Gasteiger partial charge on any atom is -0.326 e. The summed E-state index contributed by atoms with van der Waals surface area (Å²) in [4.78, 5) is 16.9. The lowest BCUT2D eigenvalue weighted by atomic mass is 10.2. The van der Waals surface area contributed by atoms with Gasteiger partial charge in [-0.2, -0.15) is 13.2 Å². The van der Waals surface area contributed by atoms with E-state index in [0.717, 1.165) is 17.1 Å². The summed E-state index contributed by atoms with van der Waals surface area (Å²) in [5.41, 5.74) is 0.176. The molecule has 114 valence electrons. The fourth-order valence-corrected chi connectivity index (χ4v) is 2.69. The minimum atomic E-state index is -4.38. The highest BCUT2D eigenvalue weighted by Crippen LogP contribution is 2.29. The van der Waals surface area contributed by atoms with Crippen LogP contribution >= 0.6 is 11.3 Å². The van der Waals surface area contributed by atoms with Gasteiger partial charge in [-0.1, -0.05) is 0 Å². The Labute approximate surface area is 127 Å². The molecule has 4 nitrogen and oxygen atoms in total. The third-order valence-electron chi connectivity index (χ3n) is 2.98. The van der Waals surface area contributed by atoms with Crippen molar-refractivity contribution >= 4 is 27.9 Å². The number of rotatable bonds is 3. The molecule has 0 aliphatic carbocycles. The molecular formula is C14H10F3N3OS. The molecule has 0 fully saturated rings. The summed E-state index contributed by atoms with van der Waals surface area (Å²) in [5, 5.41) is 4.44. The number of halogens is 3. The minimum absolute atomic E-state index is 0.0649. The monoisotopic (exact) mass is 325 g/mol. The number of alkyl halides is 3. The van der Waals surface area contributed by atoms with Crippen LogP contribution in [0.3, 0.4) is 0 Å². The van der Waals surface area contributed by atoms with Crippen molar-refractivity contribution < 1.29 is 18.0 Å². The summed E-state index contributed by atoms with van der Waals surface area (Å²) >= 11 is 1.46. The molecule has 0 bridgehead atoms. The Morgan fingerprint density at radius 1 is 1.27 bits per heavy atom. The van der Waals surface area contributed by atoms with E-state index in [4.69, 9.17) is 0 Å². The van der Waals surface area contributed by atoms with Crippen LogP contribution in [0.1, 0.15) is 11.3 Å². The zero-order valence-corrected chi connectivity index (χ0v) is 11.9. The highest BCUT2D eigenvalue weighted by molar-refractivity contribution is 7.15. The number of carbonyl (C=O) groups is 1. The molecular weight excluding hydrogens is 315 g/mol. The third-order valence-corrected chi connectivity index (χ3v) is 3.75. The normalized spacial score (nSPS) is 11.8. The Hall–Kier alpha value is -2.35. The van der Waals surface area contributed by atoms with Crippen LogP contribution in [-0.2, 0) is 17.4 Å². The first-order valence-electron chi connectivity index (χ1n) is 6.30. The summed E-state index contributed by atoms with van der Waals surface area (Å²) in [6.45, 7) is 0. The summed E-state index contributed by atoms with van der Waals surface area (Å²) in [5.74, 6) is -0.328. The molecule has 0 aliphatic heterocycles. The van der Waals surface area contributed by atoms with E-state index in [2.05, 4.69) is 10.3 Å². The number of benzene rings is 1. The van der Waals surface area contributed by atoms with Gasteiger partial charge in [0.2, 0.25) is 5.91 Å². The van der Waals surface area contributed by atoms with Gasteiger partial charge in [0.1, 0.15) is 0 Å². The molecule has 22 heavy (non-hydrogen) atoms. The maximum absolute atomic E-state index is 12.4. The van der Waals surface area contributed by atoms with Gasteiger partial charge < -0.3 is 5.32 Å². The number of thiazole rings is 1. The number of fused-ring (bicyclic) bond motifs is 1. The number of aromatic nitrogens is 2. The average molecular weight is 325 g/mol. The van der Waals surface area contributed by atoms with Crippen molar-refractivity contribution in [3.05, 3.63) is 53.3 Å². The smallest absolute Gasteiger partial charge is 0.326 e. The fraction of sp³-hybridized carbons (Fsp3) is 0.143. The van der Waals surface area contributed by atoms with Crippen LogP contribution in [0.4, 0.5) is 18.9 Å². The van der Waals surface area contributed by atoms with Gasteiger partial charge in [0, 0.05) is 23.5 Å². The highest BCUT2D eigenvalue weighted by Gasteiger charge is 2.29. The van der Waals surface area contributed by atoms with Crippen molar-refractivity contribution in [1.82, 2.24) is 9.38 Å². The molecule has 1 aromatic carbocycles. The molecule has 2 aromatic heterocycles. The van der Waals surface area contributed by atoms with E-state index in [0.29, 0.717) is 11.4 Å². The van der Waals surface area contributed by atoms with Gasteiger partial charge in [0.25, 0.3) is 0 Å². The van der Waals surface area contributed by atoms with E-state index in [1.807, 2.05) is 16.0 Å². The van der Waals surface area contributed by atoms with Crippen LogP contribution in [0.5, 0.6) is 0 Å². The second-order valence-electron chi connectivity index (χ2n) is 4.63. The standard InChI is InChI=1S/C14H10F3N3OS/c15-14(16,17)9-1-3-10(4-2-9)18-12(21)7-11-8-20-5-6-22-13(20)19-11/h1-6,8H,7H2,(H,18,21). The van der Waals surface area contributed by atoms with Crippen molar-refractivity contribution in [2.45, 2.75) is 12.6 Å². The third kappa shape index (κ3) is 3.11. The van der Waals surface area contributed by atoms with E-state index in [1.165, 1.54) is 23.5 Å². The fourth-order valence-electron chi connectivity index (χ4n) is 1.97. The lowest BCUT2D eigenvalue weighted by molar-refractivity contribution is -0.137. The van der Waals surface area contributed by atoms with Gasteiger partial charge in [-0.15, -0.1) is 11.3 Å². The number of anilines is 1. The first-order valence-corrected chi connectivity index (χ1v) is 7.18. The molecule has 0 aliphatic rings. The molecule has 3 rings (SSSR count). The molecule has 0 saturated carbocycles. The van der Waals surface area contributed by atoms with E-state index in [9.17, 15) is 18.0 Å². The van der Waals surface area contributed by atoms with Gasteiger partial charge in [0.15, 0.2) is 4.96 Å². The van der Waals surface area contributed by atoms with Gasteiger partial charge in [-0.05, 0) is 24.3 Å². The predicted molar refractivity (Wildman–Crippen MR) is 76.8 cm³/mol. The van der Waals surface area contributed by atoms with Crippen LogP contribution in [0, 0.1) is 0 Å². The average Bonchev–Trinajstić information content (AvgIpc) is 2.99. The molecule has 3 aromatic rings. The van der Waals surface area contributed by atoms with E-state index in [-0.39, 0.29) is 12.3 Å². The second kappa shape index (κ2) is 5.45. The lowest BCUT2D eigenvalue weighted by Crippen LogP contribution is -2.15. The molecule has 0 radical (unpaired) electrons. The van der Waals surface area contributed by atoms with Crippen LogP contribution in [-0.4, -0.2) is 15.3 Å². The first kappa shape index (κ1) is 14.6. The Morgan fingerprint density at radius 3 is 2.64 bits per heavy atom. The summed E-state index contributed by atoms with van der Waals surface area (Å²) in [6, 6.07) is 4.32. The van der Waals surface area contributed by atoms with Crippen LogP contribution in [0.15, 0.2) is 42.0 Å². The van der Waals surface area contributed by atoms with Crippen LogP contribution in [0.25, 0.3) is 4.96 Å². The number of amides is 1. The molecule has 0 spiro atoms. The summed E-state index contributed by atoms with van der Waals surface area (Å²) in [7, 11) is 0. The van der Waals surface area contributed by atoms with Gasteiger partial charge in [0.05, 0.1) is 17.7 Å². The summed E-state index contributed by atoms with van der Waals surface area (Å²) < 4.78 is 39.1. The van der Waals surface area contributed by atoms with E-state index < -0.39 is 11.7 Å². The van der Waals surface area contributed by atoms with Crippen molar-refractivity contribution in [2.75, 3.05) is 5.32 Å². The predicted octanol–water partition coefficient (Wildman–Crippen LogP) is 3.60. The number of imidazole rings is 1. The van der Waals surface area contributed by atoms with Gasteiger partial charge in [-0.25, -0.2) is 4.98 Å².